The maximum atomic E-state index is 13.4. The van der Waals surface area contributed by atoms with Gasteiger partial charge in [-0.1, -0.05) is 54.8 Å². The van der Waals surface area contributed by atoms with Gasteiger partial charge >= 0.3 is 0 Å². The molecule has 1 unspecified atom stereocenters. The number of benzene rings is 2. The van der Waals surface area contributed by atoms with Crippen LogP contribution in [0.15, 0.2) is 48.5 Å². The molecule has 0 N–H and O–H groups in total. The van der Waals surface area contributed by atoms with Crippen molar-refractivity contribution in [3.05, 3.63) is 64.7 Å². The van der Waals surface area contributed by atoms with Gasteiger partial charge in [-0.2, -0.15) is 0 Å². The molecular formula is C22H23ClN2O2. The molecule has 1 atom stereocenters. The monoisotopic (exact) mass is 382 g/mol. The summed E-state index contributed by atoms with van der Waals surface area (Å²) in [7, 11) is 1.76. The molecule has 2 aromatic rings. The summed E-state index contributed by atoms with van der Waals surface area (Å²) in [5.74, 6) is 0.00864. The van der Waals surface area contributed by atoms with E-state index in [-0.39, 0.29) is 30.3 Å². The molecule has 4 nitrogen and oxygen atoms in total. The molecule has 1 heterocycles. The first-order valence-electron chi connectivity index (χ1n) is 9.47. The van der Waals surface area contributed by atoms with Gasteiger partial charge in [0, 0.05) is 29.2 Å². The SMILES string of the molecule is CN1C(=O)CN(C(=O)C2CCCC2)C(c2ccccc2)c2cc(Cl)ccc21. The largest absolute Gasteiger partial charge is 0.322 e. The molecule has 0 spiro atoms. The van der Waals surface area contributed by atoms with E-state index in [4.69, 9.17) is 11.6 Å². The molecule has 1 aliphatic carbocycles. The number of carbonyl (C=O) groups excluding carboxylic acids is 2. The van der Waals surface area contributed by atoms with E-state index < -0.39 is 0 Å². The van der Waals surface area contributed by atoms with Crippen LogP contribution in [0.1, 0.15) is 42.9 Å². The van der Waals surface area contributed by atoms with Crippen molar-refractivity contribution in [2.45, 2.75) is 31.7 Å². The molecule has 2 amide bonds. The fraction of sp³-hybridized carbons (Fsp3) is 0.364. The van der Waals surface area contributed by atoms with Gasteiger partial charge in [-0.15, -0.1) is 0 Å². The third-order valence-electron chi connectivity index (χ3n) is 5.74. The lowest BCUT2D eigenvalue weighted by molar-refractivity contribution is -0.140. The highest BCUT2D eigenvalue weighted by Gasteiger charge is 2.38. The molecule has 2 aromatic carbocycles. The Hall–Kier alpha value is -2.33. The van der Waals surface area contributed by atoms with Crippen LogP contribution in [0.3, 0.4) is 0 Å². The Bertz CT molecular complexity index is 862. The highest BCUT2D eigenvalue weighted by atomic mass is 35.5. The third kappa shape index (κ3) is 3.34. The van der Waals surface area contributed by atoms with Gasteiger partial charge in [-0.3, -0.25) is 9.59 Å². The van der Waals surface area contributed by atoms with E-state index in [2.05, 4.69) is 0 Å². The molecule has 0 aromatic heterocycles. The standard InChI is InChI=1S/C22H23ClN2O2/c1-24-19-12-11-17(23)13-18(19)21(15-7-3-2-4-8-15)25(14-20(24)26)22(27)16-9-5-6-10-16/h2-4,7-8,11-13,16,21H,5-6,9-10,14H2,1H3. The first kappa shape index (κ1) is 18.1. The Kier molecular flexibility index (Phi) is 4.92. The molecule has 2 aliphatic rings. The van der Waals surface area contributed by atoms with Gasteiger partial charge in [-0.25, -0.2) is 0 Å². The summed E-state index contributed by atoms with van der Waals surface area (Å²) in [6.07, 6.45) is 3.97. The van der Waals surface area contributed by atoms with Crippen LogP contribution in [-0.4, -0.2) is 30.3 Å². The number of hydrogen-bond donors (Lipinski definition) is 0. The van der Waals surface area contributed by atoms with Crippen molar-refractivity contribution in [2.24, 2.45) is 5.92 Å². The number of rotatable bonds is 2. The van der Waals surface area contributed by atoms with E-state index in [1.807, 2.05) is 42.5 Å². The molecule has 4 rings (SSSR count). The van der Waals surface area contributed by atoms with Crippen LogP contribution in [0.4, 0.5) is 5.69 Å². The molecule has 1 saturated carbocycles. The van der Waals surface area contributed by atoms with E-state index in [0.29, 0.717) is 5.02 Å². The van der Waals surface area contributed by atoms with E-state index in [1.54, 1.807) is 22.9 Å². The summed E-state index contributed by atoms with van der Waals surface area (Å²) in [5, 5.41) is 0.602. The van der Waals surface area contributed by atoms with Gasteiger partial charge in [0.1, 0.15) is 6.54 Å². The highest BCUT2D eigenvalue weighted by Crippen LogP contribution is 2.40. The van der Waals surface area contributed by atoms with Gasteiger partial charge in [-0.05, 0) is 36.6 Å². The third-order valence-corrected chi connectivity index (χ3v) is 5.97. The topological polar surface area (TPSA) is 40.6 Å². The minimum Gasteiger partial charge on any atom is -0.322 e. The van der Waals surface area contributed by atoms with Gasteiger partial charge in [0.15, 0.2) is 0 Å². The first-order valence-corrected chi connectivity index (χ1v) is 9.85. The van der Waals surface area contributed by atoms with Crippen molar-refractivity contribution in [1.29, 1.82) is 0 Å². The van der Waals surface area contributed by atoms with Crippen molar-refractivity contribution in [1.82, 2.24) is 4.90 Å². The van der Waals surface area contributed by atoms with Crippen LogP contribution >= 0.6 is 11.6 Å². The Balaban J connectivity index is 1.88. The Labute approximate surface area is 164 Å². The van der Waals surface area contributed by atoms with E-state index in [0.717, 1.165) is 42.5 Å². The summed E-state index contributed by atoms with van der Waals surface area (Å²) in [6, 6.07) is 15.2. The second-order valence-electron chi connectivity index (χ2n) is 7.42. The van der Waals surface area contributed by atoms with Crippen LogP contribution in [-0.2, 0) is 9.59 Å². The normalized spacial score (nSPS) is 20.5. The Morgan fingerprint density at radius 3 is 2.48 bits per heavy atom. The zero-order valence-corrected chi connectivity index (χ0v) is 16.2. The fourth-order valence-electron chi connectivity index (χ4n) is 4.30. The Morgan fingerprint density at radius 1 is 1.07 bits per heavy atom. The molecule has 1 fully saturated rings. The quantitative estimate of drug-likeness (QED) is 0.771. The summed E-state index contributed by atoms with van der Waals surface area (Å²) < 4.78 is 0. The highest BCUT2D eigenvalue weighted by molar-refractivity contribution is 6.30. The molecule has 140 valence electrons. The van der Waals surface area contributed by atoms with Crippen LogP contribution < -0.4 is 4.90 Å². The lowest BCUT2D eigenvalue weighted by atomic mass is 9.94. The number of hydrogen-bond acceptors (Lipinski definition) is 2. The van der Waals surface area contributed by atoms with Gasteiger partial charge in [0.25, 0.3) is 0 Å². The van der Waals surface area contributed by atoms with Crippen LogP contribution in [0.2, 0.25) is 5.02 Å². The smallest absolute Gasteiger partial charge is 0.246 e. The average Bonchev–Trinajstić information content (AvgIpc) is 3.19. The molecule has 1 aliphatic heterocycles. The van der Waals surface area contributed by atoms with Gasteiger partial charge in [0.2, 0.25) is 11.8 Å². The van der Waals surface area contributed by atoms with Crippen LogP contribution in [0.5, 0.6) is 0 Å². The molecular weight excluding hydrogens is 360 g/mol. The minimum absolute atomic E-state index is 0.00931. The van der Waals surface area contributed by atoms with Crippen molar-refractivity contribution < 1.29 is 9.59 Å². The number of halogens is 1. The summed E-state index contributed by atoms with van der Waals surface area (Å²) in [4.78, 5) is 29.7. The average molecular weight is 383 g/mol. The number of amides is 2. The molecule has 5 heteroatoms. The van der Waals surface area contributed by atoms with Crippen molar-refractivity contribution in [3.8, 4) is 0 Å². The first-order chi connectivity index (χ1) is 13.1. The zero-order valence-electron chi connectivity index (χ0n) is 15.4. The van der Waals surface area contributed by atoms with Crippen molar-refractivity contribution in [2.75, 3.05) is 18.5 Å². The molecule has 0 radical (unpaired) electrons. The van der Waals surface area contributed by atoms with Crippen LogP contribution in [0, 0.1) is 5.92 Å². The van der Waals surface area contributed by atoms with E-state index in [9.17, 15) is 9.59 Å². The molecule has 27 heavy (non-hydrogen) atoms. The van der Waals surface area contributed by atoms with Gasteiger partial charge in [0.05, 0.1) is 6.04 Å². The minimum atomic E-state index is -0.318. The lowest BCUT2D eigenvalue weighted by Crippen LogP contribution is -2.43. The number of anilines is 1. The zero-order chi connectivity index (χ0) is 19.0. The number of fused-ring (bicyclic) bond motifs is 1. The second kappa shape index (κ2) is 7.35. The lowest BCUT2D eigenvalue weighted by Gasteiger charge is -2.32. The number of nitrogens with zero attached hydrogens (tertiary/aromatic N) is 2. The summed E-state index contributed by atoms with van der Waals surface area (Å²) >= 11 is 6.31. The summed E-state index contributed by atoms with van der Waals surface area (Å²) in [6.45, 7) is 0.0810. The molecule has 0 bridgehead atoms. The van der Waals surface area contributed by atoms with Crippen molar-refractivity contribution in [3.63, 3.8) is 0 Å². The van der Waals surface area contributed by atoms with Crippen molar-refractivity contribution >= 4 is 29.1 Å². The predicted octanol–water partition coefficient (Wildman–Crippen LogP) is 4.42. The van der Waals surface area contributed by atoms with E-state index >= 15 is 0 Å². The fourth-order valence-corrected chi connectivity index (χ4v) is 4.48. The Morgan fingerprint density at radius 2 is 1.78 bits per heavy atom. The predicted molar refractivity (Wildman–Crippen MR) is 107 cm³/mol. The van der Waals surface area contributed by atoms with E-state index in [1.165, 1.54) is 0 Å². The van der Waals surface area contributed by atoms with Crippen LogP contribution in [0.25, 0.3) is 0 Å². The molecule has 0 saturated heterocycles. The summed E-state index contributed by atoms with van der Waals surface area (Å²) in [5.41, 5.74) is 2.70. The second-order valence-corrected chi connectivity index (χ2v) is 7.85. The number of carbonyl (C=O) groups is 2. The van der Waals surface area contributed by atoms with Gasteiger partial charge < -0.3 is 9.80 Å². The maximum Gasteiger partial charge on any atom is 0.246 e. The number of likely N-dealkylation sites (N-methyl/N-ethyl adjacent to an activating group) is 1. The maximum absolute atomic E-state index is 13.4.